The van der Waals surface area contributed by atoms with Crippen LogP contribution >= 0.6 is 0 Å². The summed E-state index contributed by atoms with van der Waals surface area (Å²) in [5.41, 5.74) is 6.43. The van der Waals surface area contributed by atoms with E-state index in [-0.39, 0.29) is 6.09 Å². The highest BCUT2D eigenvalue weighted by Crippen LogP contribution is 2.32. The molecule has 1 aliphatic rings. The topological polar surface area (TPSA) is 78.7 Å². The fourth-order valence-electron chi connectivity index (χ4n) is 4.85. The highest BCUT2D eigenvalue weighted by atomic mass is 16.6. The second kappa shape index (κ2) is 13.6. The summed E-state index contributed by atoms with van der Waals surface area (Å²) in [4.78, 5) is 18.9. The van der Waals surface area contributed by atoms with Gasteiger partial charge in [-0.15, -0.1) is 0 Å². The highest BCUT2D eigenvalue weighted by molar-refractivity contribution is 5.70. The molecule has 8 heteroatoms. The first-order chi connectivity index (χ1) is 21.1. The molecule has 2 aromatic heterocycles. The number of pyridine rings is 1. The lowest BCUT2D eigenvalue weighted by atomic mass is 10.00. The van der Waals surface area contributed by atoms with E-state index in [0.29, 0.717) is 38.1 Å². The van der Waals surface area contributed by atoms with Gasteiger partial charge in [0.05, 0.1) is 17.0 Å². The molecule has 2 aromatic carbocycles. The van der Waals surface area contributed by atoms with Crippen LogP contribution in [0.15, 0.2) is 96.1 Å². The maximum atomic E-state index is 12.5. The Kier molecular flexibility index (Phi) is 9.48. The Labute approximate surface area is 259 Å². The summed E-state index contributed by atoms with van der Waals surface area (Å²) < 4.78 is 19.6. The molecule has 0 saturated heterocycles. The molecule has 3 heterocycles. The number of hydrogen-bond acceptors (Lipinski definition) is 6. The second-order valence-corrected chi connectivity index (χ2v) is 11.9. The van der Waals surface area contributed by atoms with Gasteiger partial charge in [0, 0.05) is 26.2 Å². The maximum Gasteiger partial charge on any atom is 0.410 e. The van der Waals surface area contributed by atoms with Gasteiger partial charge < -0.3 is 19.1 Å². The van der Waals surface area contributed by atoms with E-state index in [1.807, 2.05) is 111 Å². The van der Waals surface area contributed by atoms with Crippen molar-refractivity contribution in [2.75, 3.05) is 13.1 Å². The number of allylic oxidation sites excluding steroid dienone is 1. The molecule has 8 nitrogen and oxygen atoms in total. The Balaban J connectivity index is 1.35. The number of nitrogens with zero attached hydrogens (tertiary/aromatic N) is 4. The van der Waals surface area contributed by atoms with Gasteiger partial charge in [-0.2, -0.15) is 10.1 Å². The molecule has 0 unspecified atom stereocenters. The van der Waals surface area contributed by atoms with Crippen molar-refractivity contribution in [2.45, 2.75) is 52.9 Å². The number of amides is 1. The predicted octanol–water partition coefficient (Wildman–Crippen LogP) is 7.61. The molecule has 0 atom stereocenters. The fraction of sp³-hybridized carbons (Fsp3) is 0.306. The molecule has 228 valence electrons. The quantitative estimate of drug-likeness (QED) is 0.199. The van der Waals surface area contributed by atoms with Gasteiger partial charge in [-0.3, -0.25) is 4.68 Å². The molecular formula is C36H40N4O4. The molecule has 0 N–H and O–H groups in total. The number of aromatic nitrogens is 3. The van der Waals surface area contributed by atoms with Crippen LogP contribution in [0.2, 0.25) is 0 Å². The SMILES string of the molecule is C/C(=C\c1cc(-c2ccc(OCc3ccccc3)nc2OCc2ccccc2)nn1C)C1=CCN(C(=O)OC(C)(C)C)CC1. The minimum atomic E-state index is -0.508. The van der Waals surface area contributed by atoms with Crippen LogP contribution in [0.5, 0.6) is 11.8 Å². The van der Waals surface area contributed by atoms with E-state index >= 15 is 0 Å². The van der Waals surface area contributed by atoms with E-state index < -0.39 is 5.60 Å². The lowest BCUT2D eigenvalue weighted by Crippen LogP contribution is -2.39. The minimum Gasteiger partial charge on any atom is -0.473 e. The first-order valence-electron chi connectivity index (χ1n) is 14.9. The van der Waals surface area contributed by atoms with Gasteiger partial charge in [0.25, 0.3) is 0 Å². The molecule has 44 heavy (non-hydrogen) atoms. The van der Waals surface area contributed by atoms with Crippen LogP contribution in [0.25, 0.3) is 17.3 Å². The van der Waals surface area contributed by atoms with E-state index in [1.165, 1.54) is 5.57 Å². The van der Waals surface area contributed by atoms with Crippen molar-refractivity contribution in [3.63, 3.8) is 0 Å². The van der Waals surface area contributed by atoms with E-state index in [9.17, 15) is 4.79 Å². The number of rotatable bonds is 9. The summed E-state index contributed by atoms with van der Waals surface area (Å²) in [5.74, 6) is 0.944. The Morgan fingerprint density at radius 2 is 1.59 bits per heavy atom. The lowest BCUT2D eigenvalue weighted by molar-refractivity contribution is 0.0266. The first kappa shape index (κ1) is 30.6. The monoisotopic (exact) mass is 592 g/mol. The van der Waals surface area contributed by atoms with Gasteiger partial charge in [0.1, 0.15) is 18.8 Å². The number of carbonyl (C=O) groups excluding carboxylic acids is 1. The number of aryl methyl sites for hydroxylation is 1. The molecule has 0 spiro atoms. The van der Waals surface area contributed by atoms with E-state index in [0.717, 1.165) is 40.1 Å². The summed E-state index contributed by atoms with van der Waals surface area (Å²) in [5, 5.41) is 4.81. The van der Waals surface area contributed by atoms with Gasteiger partial charge in [0.15, 0.2) is 0 Å². The average molecular weight is 593 g/mol. The van der Waals surface area contributed by atoms with Crippen molar-refractivity contribution in [1.29, 1.82) is 0 Å². The molecule has 0 radical (unpaired) electrons. The maximum absolute atomic E-state index is 12.5. The summed E-state index contributed by atoms with van der Waals surface area (Å²) in [7, 11) is 1.93. The van der Waals surface area contributed by atoms with Crippen molar-refractivity contribution in [1.82, 2.24) is 19.7 Å². The zero-order valence-corrected chi connectivity index (χ0v) is 26.1. The molecule has 0 fully saturated rings. The third-order valence-corrected chi connectivity index (χ3v) is 7.21. The number of ether oxygens (including phenoxy) is 3. The van der Waals surface area contributed by atoms with Crippen LogP contribution in [-0.2, 0) is 25.0 Å². The van der Waals surface area contributed by atoms with Crippen molar-refractivity contribution < 1.29 is 19.0 Å². The Bertz CT molecular complexity index is 1640. The Hall–Kier alpha value is -4.85. The molecule has 4 aromatic rings. The lowest BCUT2D eigenvalue weighted by Gasteiger charge is -2.29. The van der Waals surface area contributed by atoms with Crippen LogP contribution in [0.3, 0.4) is 0 Å². The van der Waals surface area contributed by atoms with Crippen molar-refractivity contribution in [3.05, 3.63) is 113 Å². The van der Waals surface area contributed by atoms with E-state index in [2.05, 4.69) is 19.1 Å². The number of carbonyl (C=O) groups is 1. The van der Waals surface area contributed by atoms with E-state index in [4.69, 9.17) is 24.3 Å². The van der Waals surface area contributed by atoms with Crippen LogP contribution in [0, 0.1) is 0 Å². The zero-order chi connectivity index (χ0) is 31.1. The first-order valence-corrected chi connectivity index (χ1v) is 14.9. The van der Waals surface area contributed by atoms with Gasteiger partial charge in [-0.05, 0) is 74.6 Å². The van der Waals surface area contributed by atoms with Crippen molar-refractivity contribution >= 4 is 12.2 Å². The molecule has 0 aliphatic carbocycles. The normalized spacial score (nSPS) is 13.8. The second-order valence-electron chi connectivity index (χ2n) is 11.9. The van der Waals surface area contributed by atoms with Crippen LogP contribution in [-0.4, -0.2) is 44.4 Å². The predicted molar refractivity (Wildman–Crippen MR) is 172 cm³/mol. The van der Waals surface area contributed by atoms with E-state index in [1.54, 1.807) is 4.90 Å². The molecular weight excluding hydrogens is 552 g/mol. The smallest absolute Gasteiger partial charge is 0.410 e. The number of hydrogen-bond donors (Lipinski definition) is 0. The summed E-state index contributed by atoms with van der Waals surface area (Å²) in [6, 6.07) is 25.8. The Morgan fingerprint density at radius 1 is 0.932 bits per heavy atom. The van der Waals surface area contributed by atoms with Gasteiger partial charge in [0.2, 0.25) is 11.8 Å². The molecule has 5 rings (SSSR count). The van der Waals surface area contributed by atoms with Crippen LogP contribution < -0.4 is 9.47 Å². The zero-order valence-electron chi connectivity index (χ0n) is 26.1. The summed E-state index contributed by atoms with van der Waals surface area (Å²) in [6.45, 7) is 9.67. The summed E-state index contributed by atoms with van der Waals surface area (Å²) in [6.07, 6.45) is 4.71. The highest BCUT2D eigenvalue weighted by Gasteiger charge is 2.24. The van der Waals surface area contributed by atoms with Gasteiger partial charge in [-0.1, -0.05) is 66.7 Å². The van der Waals surface area contributed by atoms with Gasteiger partial charge in [-0.25, -0.2) is 4.79 Å². The van der Waals surface area contributed by atoms with Crippen molar-refractivity contribution in [3.8, 4) is 23.0 Å². The number of benzene rings is 2. The summed E-state index contributed by atoms with van der Waals surface area (Å²) >= 11 is 0. The fourth-order valence-corrected chi connectivity index (χ4v) is 4.85. The molecule has 1 amide bonds. The average Bonchev–Trinajstić information content (AvgIpc) is 3.38. The largest absolute Gasteiger partial charge is 0.473 e. The van der Waals surface area contributed by atoms with Crippen LogP contribution in [0.4, 0.5) is 4.79 Å². The third-order valence-electron chi connectivity index (χ3n) is 7.21. The minimum absolute atomic E-state index is 0.277. The van der Waals surface area contributed by atoms with Crippen LogP contribution in [0.1, 0.15) is 50.9 Å². The standard InChI is InChI=1S/C36H40N4O4/c1-26(29-18-20-40(21-19-29)35(41)44-36(2,3)4)22-30-23-32(38-39(30)5)31-16-17-33(42-24-27-12-8-6-9-13-27)37-34(31)43-25-28-14-10-7-11-15-28/h6-18,22-23H,19-21,24-25H2,1-5H3/b26-22+. The molecule has 1 aliphatic heterocycles. The third kappa shape index (κ3) is 8.16. The molecule has 0 bridgehead atoms. The molecule has 0 saturated carbocycles. The van der Waals surface area contributed by atoms with Gasteiger partial charge >= 0.3 is 6.09 Å². The Morgan fingerprint density at radius 3 is 2.20 bits per heavy atom. The van der Waals surface area contributed by atoms with Crippen molar-refractivity contribution in [2.24, 2.45) is 7.05 Å².